The number of likely N-dealkylation sites (tertiary alicyclic amines) is 1. The standard InChI is InChI=1S/C17H22ClNO5S/c1-11-6-12(2)9-19(8-11)16(20)10-24-17(21)14-7-13(25(3,22)23)4-5-15(14)18/h4-5,7,11-12H,6,8-10H2,1-3H3. The molecule has 1 aromatic carbocycles. The number of ether oxygens (including phenoxy) is 1. The number of halogens is 1. The van der Waals surface area contributed by atoms with Gasteiger partial charge in [0.15, 0.2) is 16.4 Å². The van der Waals surface area contributed by atoms with Gasteiger partial charge in [-0.15, -0.1) is 0 Å². The zero-order valence-electron chi connectivity index (χ0n) is 14.5. The van der Waals surface area contributed by atoms with Gasteiger partial charge in [0.2, 0.25) is 0 Å². The summed E-state index contributed by atoms with van der Waals surface area (Å²) in [4.78, 5) is 26.1. The van der Waals surface area contributed by atoms with Crippen molar-refractivity contribution in [3.63, 3.8) is 0 Å². The Labute approximate surface area is 153 Å². The average Bonchev–Trinajstić information content (AvgIpc) is 2.50. The predicted octanol–water partition coefficient (Wildman–Crippen LogP) is 2.40. The maximum atomic E-state index is 12.3. The molecule has 0 N–H and O–H groups in total. The first kappa shape index (κ1) is 19.7. The van der Waals surface area contributed by atoms with E-state index in [9.17, 15) is 18.0 Å². The zero-order valence-corrected chi connectivity index (χ0v) is 16.1. The summed E-state index contributed by atoms with van der Waals surface area (Å²) in [5.74, 6) is -0.266. The highest BCUT2D eigenvalue weighted by molar-refractivity contribution is 7.90. The Morgan fingerprint density at radius 2 is 1.84 bits per heavy atom. The summed E-state index contributed by atoms with van der Waals surface area (Å²) in [5, 5.41) is 0.0741. The Kier molecular flexibility index (Phi) is 6.11. The van der Waals surface area contributed by atoms with Crippen LogP contribution in [0.2, 0.25) is 5.02 Å². The predicted molar refractivity (Wildman–Crippen MR) is 94.4 cm³/mol. The molecule has 138 valence electrons. The van der Waals surface area contributed by atoms with Crippen LogP contribution >= 0.6 is 11.6 Å². The third-order valence-corrected chi connectivity index (χ3v) is 5.57. The fourth-order valence-corrected chi connectivity index (χ4v) is 3.90. The van der Waals surface area contributed by atoms with Crippen LogP contribution in [0.3, 0.4) is 0 Å². The molecule has 0 spiro atoms. The van der Waals surface area contributed by atoms with Gasteiger partial charge in [0.05, 0.1) is 15.5 Å². The summed E-state index contributed by atoms with van der Waals surface area (Å²) in [5.41, 5.74) is -0.0715. The SMILES string of the molecule is CC1CC(C)CN(C(=O)COC(=O)c2cc(S(C)(=O)=O)ccc2Cl)C1. The number of carbonyl (C=O) groups excluding carboxylic acids is 2. The smallest absolute Gasteiger partial charge is 0.340 e. The van der Waals surface area contributed by atoms with Gasteiger partial charge in [-0.05, 0) is 36.5 Å². The molecule has 1 fully saturated rings. The number of hydrogen-bond donors (Lipinski definition) is 0. The molecule has 1 aliphatic heterocycles. The lowest BCUT2D eigenvalue weighted by atomic mass is 9.92. The van der Waals surface area contributed by atoms with Crippen molar-refractivity contribution in [2.24, 2.45) is 11.8 Å². The first-order valence-corrected chi connectivity index (χ1v) is 10.3. The van der Waals surface area contributed by atoms with Crippen molar-refractivity contribution in [1.29, 1.82) is 0 Å². The second-order valence-corrected chi connectivity index (χ2v) is 9.16. The molecule has 2 atom stereocenters. The molecule has 1 amide bonds. The molecule has 0 aromatic heterocycles. The van der Waals surface area contributed by atoms with E-state index in [1.54, 1.807) is 4.90 Å². The van der Waals surface area contributed by atoms with Crippen molar-refractivity contribution >= 4 is 33.3 Å². The highest BCUT2D eigenvalue weighted by atomic mass is 35.5. The van der Waals surface area contributed by atoms with Crippen LogP contribution in [0.4, 0.5) is 0 Å². The second-order valence-electron chi connectivity index (χ2n) is 6.73. The van der Waals surface area contributed by atoms with Crippen molar-refractivity contribution in [3.05, 3.63) is 28.8 Å². The van der Waals surface area contributed by atoms with Crippen LogP contribution in [0.25, 0.3) is 0 Å². The molecule has 2 rings (SSSR count). The van der Waals surface area contributed by atoms with E-state index >= 15 is 0 Å². The van der Waals surface area contributed by atoms with Crippen LogP contribution in [0.1, 0.15) is 30.6 Å². The lowest BCUT2D eigenvalue weighted by molar-refractivity contribution is -0.137. The highest BCUT2D eigenvalue weighted by Crippen LogP contribution is 2.23. The fourth-order valence-electron chi connectivity index (χ4n) is 3.05. The molecule has 0 radical (unpaired) electrons. The van der Waals surface area contributed by atoms with Crippen molar-refractivity contribution in [2.45, 2.75) is 25.2 Å². The summed E-state index contributed by atoms with van der Waals surface area (Å²) in [6.07, 6.45) is 2.10. The van der Waals surface area contributed by atoms with Crippen molar-refractivity contribution < 1.29 is 22.7 Å². The number of rotatable bonds is 4. The Morgan fingerprint density at radius 1 is 1.24 bits per heavy atom. The van der Waals surface area contributed by atoms with Gasteiger partial charge >= 0.3 is 5.97 Å². The fraction of sp³-hybridized carbons (Fsp3) is 0.529. The van der Waals surface area contributed by atoms with E-state index in [1.807, 2.05) is 0 Å². The number of benzene rings is 1. The van der Waals surface area contributed by atoms with Crippen LogP contribution in [0, 0.1) is 11.8 Å². The Morgan fingerprint density at radius 3 is 2.40 bits per heavy atom. The van der Waals surface area contributed by atoms with Crippen molar-refractivity contribution in [2.75, 3.05) is 26.0 Å². The molecule has 0 aliphatic carbocycles. The summed E-state index contributed by atoms with van der Waals surface area (Å²) < 4.78 is 28.2. The van der Waals surface area contributed by atoms with Crippen LogP contribution in [-0.4, -0.2) is 51.1 Å². The van der Waals surface area contributed by atoms with E-state index < -0.39 is 22.4 Å². The van der Waals surface area contributed by atoms with Crippen molar-refractivity contribution in [1.82, 2.24) is 4.90 Å². The van der Waals surface area contributed by atoms with Crippen molar-refractivity contribution in [3.8, 4) is 0 Å². The quantitative estimate of drug-likeness (QED) is 0.741. The molecule has 1 aromatic rings. The van der Waals surface area contributed by atoms with E-state index in [4.69, 9.17) is 16.3 Å². The van der Waals surface area contributed by atoms with E-state index in [2.05, 4.69) is 13.8 Å². The number of piperidine rings is 1. The number of carbonyl (C=O) groups is 2. The van der Waals surface area contributed by atoms with Crippen LogP contribution in [-0.2, 0) is 19.4 Å². The molecule has 1 heterocycles. The topological polar surface area (TPSA) is 80.8 Å². The number of nitrogens with zero attached hydrogens (tertiary/aromatic N) is 1. The van der Waals surface area contributed by atoms with Gasteiger partial charge in [0.25, 0.3) is 5.91 Å². The molecule has 2 unspecified atom stereocenters. The van der Waals surface area contributed by atoms with Gasteiger partial charge in [-0.1, -0.05) is 25.4 Å². The molecule has 8 heteroatoms. The monoisotopic (exact) mass is 387 g/mol. The van der Waals surface area contributed by atoms with E-state index in [0.29, 0.717) is 24.9 Å². The van der Waals surface area contributed by atoms with E-state index in [-0.39, 0.29) is 21.4 Å². The molecule has 0 saturated carbocycles. The van der Waals surface area contributed by atoms with Gasteiger partial charge in [-0.2, -0.15) is 0 Å². The number of amides is 1. The van der Waals surface area contributed by atoms with Crippen LogP contribution in [0.5, 0.6) is 0 Å². The maximum Gasteiger partial charge on any atom is 0.340 e. The van der Waals surface area contributed by atoms with Gasteiger partial charge in [-0.3, -0.25) is 4.79 Å². The number of sulfone groups is 1. The molecule has 1 aliphatic rings. The summed E-state index contributed by atoms with van der Waals surface area (Å²) in [7, 11) is -3.48. The maximum absolute atomic E-state index is 12.3. The minimum atomic E-state index is -3.48. The molecular weight excluding hydrogens is 366 g/mol. The van der Waals surface area contributed by atoms with Gasteiger partial charge in [-0.25, -0.2) is 13.2 Å². The van der Waals surface area contributed by atoms with Gasteiger partial charge in [0, 0.05) is 19.3 Å². The molecule has 6 nitrogen and oxygen atoms in total. The van der Waals surface area contributed by atoms with Crippen LogP contribution in [0.15, 0.2) is 23.1 Å². The second kappa shape index (κ2) is 7.74. The minimum Gasteiger partial charge on any atom is -0.452 e. The molecule has 25 heavy (non-hydrogen) atoms. The third-order valence-electron chi connectivity index (χ3n) is 4.13. The summed E-state index contributed by atoms with van der Waals surface area (Å²) in [6.45, 7) is 5.06. The number of hydrogen-bond acceptors (Lipinski definition) is 5. The number of esters is 1. The average molecular weight is 388 g/mol. The Bertz CT molecular complexity index is 767. The first-order chi connectivity index (χ1) is 11.6. The zero-order chi connectivity index (χ0) is 18.8. The molecule has 1 saturated heterocycles. The largest absolute Gasteiger partial charge is 0.452 e. The molecule has 0 bridgehead atoms. The minimum absolute atomic E-state index is 0.0335. The third kappa shape index (κ3) is 5.19. The van der Waals surface area contributed by atoms with E-state index in [1.165, 1.54) is 12.1 Å². The first-order valence-electron chi connectivity index (χ1n) is 8.02. The Hall–Kier alpha value is -1.60. The Balaban J connectivity index is 2.04. The highest BCUT2D eigenvalue weighted by Gasteiger charge is 2.26. The molecular formula is C17H22ClNO5S. The normalized spacial score (nSPS) is 21.0. The van der Waals surface area contributed by atoms with Gasteiger partial charge in [0.1, 0.15) is 0 Å². The van der Waals surface area contributed by atoms with Gasteiger partial charge < -0.3 is 9.64 Å². The van der Waals surface area contributed by atoms with E-state index in [0.717, 1.165) is 18.7 Å². The summed E-state index contributed by atoms with van der Waals surface area (Å²) >= 11 is 5.95. The lowest BCUT2D eigenvalue weighted by Gasteiger charge is -2.34. The van der Waals surface area contributed by atoms with Crippen LogP contribution < -0.4 is 0 Å². The lowest BCUT2D eigenvalue weighted by Crippen LogP contribution is -2.44. The summed E-state index contributed by atoms with van der Waals surface area (Å²) in [6, 6.07) is 3.80.